The molecule has 0 radical (unpaired) electrons. The molecule has 0 saturated heterocycles. The fraction of sp³-hybridized carbons (Fsp3) is 0.300. The Kier molecular flexibility index (Phi) is 4.06. The lowest BCUT2D eigenvalue weighted by Crippen LogP contribution is -2.12. The van der Waals surface area contributed by atoms with Gasteiger partial charge in [0, 0.05) is 12.3 Å². The van der Waals surface area contributed by atoms with Crippen LogP contribution in [0.2, 0.25) is 0 Å². The minimum Gasteiger partial charge on any atom is -0.492 e. The van der Waals surface area contributed by atoms with Crippen molar-refractivity contribution in [2.45, 2.75) is 0 Å². The highest BCUT2D eigenvalue weighted by atomic mass is 32.2. The fourth-order valence-electron chi connectivity index (χ4n) is 1.08. The van der Waals surface area contributed by atoms with Crippen LogP contribution in [0, 0.1) is 5.82 Å². The van der Waals surface area contributed by atoms with E-state index in [-0.39, 0.29) is 23.7 Å². The lowest BCUT2D eigenvalue weighted by molar-refractivity contribution is 0.0695. The van der Waals surface area contributed by atoms with E-state index < -0.39 is 21.6 Å². The lowest BCUT2D eigenvalue weighted by atomic mass is 10.2. The van der Waals surface area contributed by atoms with E-state index in [1.807, 2.05) is 0 Å². The minimum atomic E-state index is -3.17. The molecule has 94 valence electrons. The smallest absolute Gasteiger partial charge is 0.335 e. The zero-order valence-corrected chi connectivity index (χ0v) is 9.83. The molecule has 0 fully saturated rings. The monoisotopic (exact) mass is 262 g/mol. The van der Waals surface area contributed by atoms with E-state index in [0.717, 1.165) is 24.5 Å². The van der Waals surface area contributed by atoms with Crippen molar-refractivity contribution in [1.82, 2.24) is 0 Å². The standard InChI is InChI=1S/C10H11FO5S/c1-17(14,15)3-2-16-9-5-7(10(12)13)4-8(11)6-9/h4-6H,2-3H2,1H3,(H,12,13). The molecule has 0 atom stereocenters. The molecule has 0 amide bonds. The number of carbonyl (C=O) groups is 1. The van der Waals surface area contributed by atoms with E-state index in [1.165, 1.54) is 0 Å². The van der Waals surface area contributed by atoms with Crippen LogP contribution in [0.15, 0.2) is 18.2 Å². The number of benzene rings is 1. The molecule has 5 nitrogen and oxygen atoms in total. The van der Waals surface area contributed by atoms with Crippen LogP contribution in [-0.4, -0.2) is 38.1 Å². The van der Waals surface area contributed by atoms with E-state index >= 15 is 0 Å². The summed E-state index contributed by atoms with van der Waals surface area (Å²) in [5.74, 6) is -2.26. The van der Waals surface area contributed by atoms with Gasteiger partial charge in [0.15, 0.2) is 9.84 Å². The second kappa shape index (κ2) is 5.13. The topological polar surface area (TPSA) is 80.7 Å². The van der Waals surface area contributed by atoms with Gasteiger partial charge in [-0.05, 0) is 12.1 Å². The van der Waals surface area contributed by atoms with Crippen LogP contribution in [-0.2, 0) is 9.84 Å². The largest absolute Gasteiger partial charge is 0.492 e. The van der Waals surface area contributed by atoms with Crippen molar-refractivity contribution in [2.75, 3.05) is 18.6 Å². The molecule has 0 spiro atoms. The molecule has 1 aromatic rings. The summed E-state index contributed by atoms with van der Waals surface area (Å²) < 4.78 is 39.6. The molecule has 7 heteroatoms. The first kappa shape index (κ1) is 13.4. The Morgan fingerprint density at radius 3 is 2.59 bits per heavy atom. The first-order valence-electron chi connectivity index (χ1n) is 4.62. The van der Waals surface area contributed by atoms with Gasteiger partial charge in [0.25, 0.3) is 0 Å². The molecule has 0 unspecified atom stereocenters. The Labute approximate surface area is 97.8 Å². The van der Waals surface area contributed by atoms with Crippen LogP contribution in [0.5, 0.6) is 5.75 Å². The zero-order chi connectivity index (χ0) is 13.1. The maximum atomic E-state index is 13.0. The van der Waals surface area contributed by atoms with Crippen LogP contribution in [0.1, 0.15) is 10.4 Å². The Morgan fingerprint density at radius 2 is 2.06 bits per heavy atom. The fourth-order valence-corrected chi connectivity index (χ4v) is 1.47. The molecule has 0 aliphatic carbocycles. The van der Waals surface area contributed by atoms with E-state index in [4.69, 9.17) is 9.84 Å². The number of aromatic carboxylic acids is 1. The highest BCUT2D eigenvalue weighted by Crippen LogP contribution is 2.16. The van der Waals surface area contributed by atoms with Gasteiger partial charge >= 0.3 is 5.97 Å². The Hall–Kier alpha value is -1.63. The highest BCUT2D eigenvalue weighted by molar-refractivity contribution is 7.90. The second-order valence-corrected chi connectivity index (χ2v) is 5.72. The molecular weight excluding hydrogens is 251 g/mol. The van der Waals surface area contributed by atoms with Crippen molar-refractivity contribution in [2.24, 2.45) is 0 Å². The average molecular weight is 262 g/mol. The van der Waals surface area contributed by atoms with Gasteiger partial charge < -0.3 is 9.84 Å². The number of carboxylic acid groups (broad SMARTS) is 1. The molecule has 1 rings (SSSR count). The first-order valence-corrected chi connectivity index (χ1v) is 6.68. The van der Waals surface area contributed by atoms with Gasteiger partial charge in [-0.15, -0.1) is 0 Å². The molecule has 17 heavy (non-hydrogen) atoms. The second-order valence-electron chi connectivity index (χ2n) is 3.46. The summed E-state index contributed by atoms with van der Waals surface area (Å²) in [5, 5.41) is 8.67. The molecule has 0 saturated carbocycles. The number of halogens is 1. The summed E-state index contributed by atoms with van der Waals surface area (Å²) in [6.45, 7) is -0.151. The van der Waals surface area contributed by atoms with Crippen molar-refractivity contribution >= 4 is 15.8 Å². The van der Waals surface area contributed by atoms with Crippen LogP contribution in [0.3, 0.4) is 0 Å². The summed E-state index contributed by atoms with van der Waals surface area (Å²) in [4.78, 5) is 10.6. The summed E-state index contributed by atoms with van der Waals surface area (Å²) in [7, 11) is -3.17. The van der Waals surface area contributed by atoms with Gasteiger partial charge in [-0.1, -0.05) is 0 Å². The normalized spacial score (nSPS) is 11.2. The van der Waals surface area contributed by atoms with E-state index in [9.17, 15) is 17.6 Å². The zero-order valence-electron chi connectivity index (χ0n) is 9.01. The molecular formula is C10H11FO5S. The van der Waals surface area contributed by atoms with Gasteiger partial charge in [-0.2, -0.15) is 0 Å². The SMILES string of the molecule is CS(=O)(=O)CCOc1cc(F)cc(C(=O)O)c1. The number of carboxylic acids is 1. The van der Waals surface area contributed by atoms with Gasteiger partial charge in [-0.25, -0.2) is 17.6 Å². The van der Waals surface area contributed by atoms with Gasteiger partial charge in [0.05, 0.1) is 11.3 Å². The Balaban J connectivity index is 2.75. The number of rotatable bonds is 5. The molecule has 0 bridgehead atoms. The Morgan fingerprint density at radius 1 is 1.41 bits per heavy atom. The summed E-state index contributed by atoms with van der Waals surface area (Å²) >= 11 is 0. The molecule has 1 N–H and O–H groups in total. The van der Waals surface area contributed by atoms with E-state index in [2.05, 4.69) is 0 Å². The van der Waals surface area contributed by atoms with Crippen molar-refractivity contribution in [1.29, 1.82) is 0 Å². The first-order chi connectivity index (χ1) is 7.78. The van der Waals surface area contributed by atoms with Crippen LogP contribution in [0.25, 0.3) is 0 Å². The van der Waals surface area contributed by atoms with Gasteiger partial charge in [-0.3, -0.25) is 0 Å². The quantitative estimate of drug-likeness (QED) is 0.854. The predicted molar refractivity (Wildman–Crippen MR) is 58.6 cm³/mol. The summed E-state index contributed by atoms with van der Waals surface area (Å²) in [6.07, 6.45) is 1.05. The molecule has 0 aliphatic heterocycles. The number of hydrogen-bond donors (Lipinski definition) is 1. The number of ether oxygens (including phenoxy) is 1. The average Bonchev–Trinajstić information content (AvgIpc) is 2.14. The summed E-state index contributed by atoms with van der Waals surface area (Å²) in [5.41, 5.74) is -0.251. The van der Waals surface area contributed by atoms with Crippen molar-refractivity contribution in [3.8, 4) is 5.75 Å². The van der Waals surface area contributed by atoms with Crippen molar-refractivity contribution in [3.63, 3.8) is 0 Å². The van der Waals surface area contributed by atoms with E-state index in [0.29, 0.717) is 0 Å². The molecule has 0 heterocycles. The third kappa shape index (κ3) is 4.81. The molecule has 1 aromatic carbocycles. The van der Waals surface area contributed by atoms with Crippen LogP contribution >= 0.6 is 0 Å². The molecule has 0 aromatic heterocycles. The third-order valence-electron chi connectivity index (χ3n) is 1.84. The van der Waals surface area contributed by atoms with Crippen LogP contribution < -0.4 is 4.74 Å². The lowest BCUT2D eigenvalue weighted by Gasteiger charge is -2.06. The maximum Gasteiger partial charge on any atom is 0.335 e. The maximum absolute atomic E-state index is 13.0. The predicted octanol–water partition coefficient (Wildman–Crippen LogP) is 0.947. The van der Waals surface area contributed by atoms with E-state index in [1.54, 1.807) is 0 Å². The molecule has 0 aliphatic rings. The summed E-state index contributed by atoms with van der Waals surface area (Å²) in [6, 6.07) is 2.98. The minimum absolute atomic E-state index is 0.00829. The number of sulfone groups is 1. The number of hydrogen-bond acceptors (Lipinski definition) is 4. The Bertz CT molecular complexity index is 523. The van der Waals surface area contributed by atoms with Gasteiger partial charge in [0.2, 0.25) is 0 Å². The third-order valence-corrected chi connectivity index (χ3v) is 2.75. The van der Waals surface area contributed by atoms with Gasteiger partial charge in [0.1, 0.15) is 18.2 Å². The van der Waals surface area contributed by atoms with Crippen LogP contribution in [0.4, 0.5) is 4.39 Å². The van der Waals surface area contributed by atoms with Crippen molar-refractivity contribution in [3.05, 3.63) is 29.6 Å². The van der Waals surface area contributed by atoms with Crippen molar-refractivity contribution < 1.29 is 27.4 Å². The highest BCUT2D eigenvalue weighted by Gasteiger charge is 2.09.